The summed E-state index contributed by atoms with van der Waals surface area (Å²) in [5, 5.41) is 1.19. The van der Waals surface area contributed by atoms with Gasteiger partial charge in [0.25, 0.3) is 0 Å². The Labute approximate surface area is 120 Å². The fourth-order valence-electron chi connectivity index (χ4n) is 2.14. The van der Waals surface area contributed by atoms with E-state index in [1.54, 1.807) is 12.1 Å². The van der Waals surface area contributed by atoms with Crippen molar-refractivity contribution in [1.82, 2.24) is 9.38 Å². The van der Waals surface area contributed by atoms with Crippen molar-refractivity contribution in [3.8, 4) is 11.3 Å². The Balaban J connectivity index is 2.31. The van der Waals surface area contributed by atoms with Gasteiger partial charge in [0.1, 0.15) is 0 Å². The molecule has 19 heavy (non-hydrogen) atoms. The quantitative estimate of drug-likeness (QED) is 0.730. The molecule has 0 aliphatic rings. The van der Waals surface area contributed by atoms with Gasteiger partial charge in [0.05, 0.1) is 16.4 Å². The average Bonchev–Trinajstić information content (AvgIpc) is 2.69. The number of aryl methyl sites for hydroxylation is 1. The number of halogens is 2. The summed E-state index contributed by atoms with van der Waals surface area (Å²) < 4.78 is 1.95. The first-order valence-electron chi connectivity index (χ1n) is 5.76. The molecule has 5 heteroatoms. The van der Waals surface area contributed by atoms with Crippen molar-refractivity contribution in [1.29, 1.82) is 0 Å². The summed E-state index contributed by atoms with van der Waals surface area (Å²) in [4.78, 5) is 4.58. The highest BCUT2D eigenvalue weighted by atomic mass is 35.5. The summed E-state index contributed by atoms with van der Waals surface area (Å²) >= 11 is 12.2. The van der Waals surface area contributed by atoms with E-state index in [0.717, 1.165) is 22.6 Å². The maximum atomic E-state index is 6.24. The largest absolute Gasteiger partial charge is 0.396 e. The SMILES string of the molecule is Cc1c(-c2ccc(Cl)cc2Cl)nc2c(N)cccn12. The molecule has 0 bridgehead atoms. The standard InChI is InChI=1S/C14H11Cl2N3/c1-8-13(10-5-4-9(15)7-11(10)16)18-14-12(17)3-2-6-19(8)14/h2-7H,17H2,1H3. The zero-order chi connectivity index (χ0) is 13.6. The molecule has 0 saturated heterocycles. The van der Waals surface area contributed by atoms with Crippen molar-refractivity contribution in [2.75, 3.05) is 5.73 Å². The van der Waals surface area contributed by atoms with E-state index in [1.165, 1.54) is 0 Å². The molecule has 96 valence electrons. The Kier molecular flexibility index (Phi) is 2.88. The topological polar surface area (TPSA) is 43.3 Å². The number of fused-ring (bicyclic) bond motifs is 1. The molecule has 0 saturated carbocycles. The van der Waals surface area contributed by atoms with E-state index in [0.29, 0.717) is 15.7 Å². The van der Waals surface area contributed by atoms with Gasteiger partial charge in [0, 0.05) is 22.5 Å². The van der Waals surface area contributed by atoms with E-state index >= 15 is 0 Å². The van der Waals surface area contributed by atoms with Crippen molar-refractivity contribution in [2.24, 2.45) is 0 Å². The molecule has 0 amide bonds. The van der Waals surface area contributed by atoms with Crippen molar-refractivity contribution in [3.05, 3.63) is 52.3 Å². The first-order valence-corrected chi connectivity index (χ1v) is 6.52. The molecule has 2 N–H and O–H groups in total. The van der Waals surface area contributed by atoms with E-state index in [4.69, 9.17) is 28.9 Å². The maximum absolute atomic E-state index is 6.24. The number of nitrogens with zero attached hydrogens (tertiary/aromatic N) is 2. The number of hydrogen-bond acceptors (Lipinski definition) is 2. The fraction of sp³-hybridized carbons (Fsp3) is 0.0714. The van der Waals surface area contributed by atoms with Crippen LogP contribution in [0.3, 0.4) is 0 Å². The molecule has 3 rings (SSSR count). The lowest BCUT2D eigenvalue weighted by Crippen LogP contribution is -1.92. The minimum absolute atomic E-state index is 0.581. The van der Waals surface area contributed by atoms with Crippen LogP contribution in [0.15, 0.2) is 36.5 Å². The molecule has 0 radical (unpaired) electrons. The predicted molar refractivity (Wildman–Crippen MR) is 79.8 cm³/mol. The van der Waals surface area contributed by atoms with Gasteiger partial charge in [-0.1, -0.05) is 23.2 Å². The van der Waals surface area contributed by atoms with Crippen LogP contribution >= 0.6 is 23.2 Å². The van der Waals surface area contributed by atoms with Gasteiger partial charge in [0.2, 0.25) is 0 Å². The van der Waals surface area contributed by atoms with Crippen molar-refractivity contribution in [3.63, 3.8) is 0 Å². The smallest absolute Gasteiger partial charge is 0.160 e. The first-order chi connectivity index (χ1) is 9.08. The van der Waals surface area contributed by atoms with Gasteiger partial charge in [-0.25, -0.2) is 4.98 Å². The number of rotatable bonds is 1. The summed E-state index contributed by atoms with van der Waals surface area (Å²) in [5.74, 6) is 0. The fourth-order valence-corrected chi connectivity index (χ4v) is 2.64. The van der Waals surface area contributed by atoms with E-state index < -0.39 is 0 Å². The zero-order valence-corrected chi connectivity index (χ0v) is 11.7. The van der Waals surface area contributed by atoms with Crippen molar-refractivity contribution < 1.29 is 0 Å². The molecule has 0 aliphatic heterocycles. The van der Waals surface area contributed by atoms with Gasteiger partial charge < -0.3 is 10.1 Å². The van der Waals surface area contributed by atoms with Gasteiger partial charge in [0.15, 0.2) is 5.65 Å². The Morgan fingerprint density at radius 2 is 2.00 bits per heavy atom. The van der Waals surface area contributed by atoms with Crippen LogP contribution in [-0.2, 0) is 0 Å². The molecule has 0 atom stereocenters. The lowest BCUT2D eigenvalue weighted by atomic mass is 10.1. The first kappa shape index (κ1) is 12.3. The Morgan fingerprint density at radius 3 is 2.68 bits per heavy atom. The minimum atomic E-state index is 0.581. The van der Waals surface area contributed by atoms with E-state index in [-0.39, 0.29) is 0 Å². The van der Waals surface area contributed by atoms with Crippen molar-refractivity contribution >= 4 is 34.5 Å². The highest BCUT2D eigenvalue weighted by Crippen LogP contribution is 2.32. The molecule has 0 unspecified atom stereocenters. The van der Waals surface area contributed by atoms with E-state index in [1.807, 2.05) is 35.7 Å². The maximum Gasteiger partial charge on any atom is 0.160 e. The summed E-state index contributed by atoms with van der Waals surface area (Å²) in [7, 11) is 0. The highest BCUT2D eigenvalue weighted by Gasteiger charge is 2.14. The average molecular weight is 292 g/mol. The molecule has 0 fully saturated rings. The van der Waals surface area contributed by atoms with Crippen LogP contribution in [0.1, 0.15) is 5.69 Å². The molecule has 0 spiro atoms. The molecule has 3 nitrogen and oxygen atoms in total. The van der Waals surface area contributed by atoms with Gasteiger partial charge in [-0.2, -0.15) is 0 Å². The van der Waals surface area contributed by atoms with E-state index in [9.17, 15) is 0 Å². The van der Waals surface area contributed by atoms with Gasteiger partial charge >= 0.3 is 0 Å². The third kappa shape index (κ3) is 1.95. The third-order valence-corrected chi connectivity index (χ3v) is 3.65. The lowest BCUT2D eigenvalue weighted by Gasteiger charge is -2.03. The van der Waals surface area contributed by atoms with E-state index in [2.05, 4.69) is 4.98 Å². The summed E-state index contributed by atoms with van der Waals surface area (Å²) in [6.45, 7) is 1.99. The molecule has 2 aromatic heterocycles. The summed E-state index contributed by atoms with van der Waals surface area (Å²) in [5.41, 5.74) is 9.98. The zero-order valence-electron chi connectivity index (χ0n) is 10.2. The number of imidazole rings is 1. The minimum Gasteiger partial charge on any atom is -0.396 e. The Hall–Kier alpha value is -1.71. The number of nitrogen functional groups attached to an aromatic ring is 1. The number of anilines is 1. The molecular formula is C14H11Cl2N3. The van der Waals surface area contributed by atoms with Gasteiger partial charge in [-0.3, -0.25) is 0 Å². The van der Waals surface area contributed by atoms with Gasteiger partial charge in [-0.15, -0.1) is 0 Å². The number of nitrogens with two attached hydrogens (primary N) is 1. The number of hydrogen-bond donors (Lipinski definition) is 1. The second-order valence-corrected chi connectivity index (χ2v) is 5.17. The number of pyridine rings is 1. The number of benzene rings is 1. The predicted octanol–water partition coefficient (Wildman–Crippen LogP) is 4.20. The summed E-state index contributed by atoms with van der Waals surface area (Å²) in [6.07, 6.45) is 1.93. The molecule has 1 aromatic carbocycles. The van der Waals surface area contributed by atoms with Crippen LogP contribution in [0, 0.1) is 6.92 Å². The Bertz CT molecular complexity index is 778. The van der Waals surface area contributed by atoms with Crippen LogP contribution in [0.2, 0.25) is 10.0 Å². The molecule has 3 aromatic rings. The van der Waals surface area contributed by atoms with Crippen LogP contribution < -0.4 is 5.73 Å². The summed E-state index contributed by atoms with van der Waals surface area (Å²) in [6, 6.07) is 9.11. The molecule has 0 aliphatic carbocycles. The van der Waals surface area contributed by atoms with Gasteiger partial charge in [-0.05, 0) is 37.3 Å². The van der Waals surface area contributed by atoms with Crippen LogP contribution in [0.4, 0.5) is 5.69 Å². The van der Waals surface area contributed by atoms with Crippen LogP contribution in [0.5, 0.6) is 0 Å². The Morgan fingerprint density at radius 1 is 1.21 bits per heavy atom. The lowest BCUT2D eigenvalue weighted by molar-refractivity contribution is 1.11. The monoisotopic (exact) mass is 291 g/mol. The number of aromatic nitrogens is 2. The van der Waals surface area contributed by atoms with Crippen LogP contribution in [0.25, 0.3) is 16.9 Å². The normalized spacial score (nSPS) is 11.1. The third-order valence-electron chi connectivity index (χ3n) is 3.11. The van der Waals surface area contributed by atoms with Crippen LogP contribution in [-0.4, -0.2) is 9.38 Å². The molecular weight excluding hydrogens is 281 g/mol. The highest BCUT2D eigenvalue weighted by molar-refractivity contribution is 6.36. The molecule has 2 heterocycles. The second kappa shape index (κ2) is 4.44. The van der Waals surface area contributed by atoms with Crippen molar-refractivity contribution in [2.45, 2.75) is 6.92 Å². The second-order valence-electron chi connectivity index (χ2n) is 4.33.